The van der Waals surface area contributed by atoms with E-state index < -0.39 is 8.07 Å². The van der Waals surface area contributed by atoms with E-state index in [1.165, 1.54) is 23.7 Å². The largest absolute Gasteiger partial charge is 0.372 e. The van der Waals surface area contributed by atoms with Crippen molar-refractivity contribution in [2.75, 3.05) is 18.0 Å². The monoisotopic (exact) mass is 347 g/mol. The van der Waals surface area contributed by atoms with E-state index in [2.05, 4.69) is 77.7 Å². The van der Waals surface area contributed by atoms with Crippen molar-refractivity contribution in [3.8, 4) is 0 Å². The van der Waals surface area contributed by atoms with Gasteiger partial charge in [0.1, 0.15) is 0 Å². The Bertz CT molecular complexity index is 551. The summed E-state index contributed by atoms with van der Waals surface area (Å²) in [5.74, 6) is 0. The van der Waals surface area contributed by atoms with E-state index in [9.17, 15) is 0 Å². The molecule has 0 aromatic heterocycles. The first-order valence-corrected chi connectivity index (χ1v) is 12.8. The molecule has 1 aliphatic heterocycles. The maximum Gasteiger partial charge on any atom is 0.0807 e. The van der Waals surface area contributed by atoms with Gasteiger partial charge < -0.3 is 9.64 Å². The molecule has 0 aliphatic carbocycles. The molecule has 2 nitrogen and oxygen atoms in total. The van der Waals surface area contributed by atoms with Crippen LogP contribution in [-0.2, 0) is 10.2 Å². The highest BCUT2D eigenvalue weighted by Crippen LogP contribution is 2.33. The summed E-state index contributed by atoms with van der Waals surface area (Å²) in [6.45, 7) is 20.7. The summed E-state index contributed by atoms with van der Waals surface area (Å²) >= 11 is 0. The van der Waals surface area contributed by atoms with Crippen LogP contribution in [0.5, 0.6) is 0 Å². The molecule has 1 heterocycles. The fraction of sp³-hybridized carbons (Fsp3) is 0.714. The zero-order valence-electron chi connectivity index (χ0n) is 17.1. The van der Waals surface area contributed by atoms with E-state index in [4.69, 9.17) is 4.74 Å². The lowest BCUT2D eigenvalue weighted by Crippen LogP contribution is -2.47. The Balaban J connectivity index is 2.49. The van der Waals surface area contributed by atoms with Crippen LogP contribution >= 0.6 is 0 Å². The van der Waals surface area contributed by atoms with E-state index >= 15 is 0 Å². The number of morpholine rings is 1. The van der Waals surface area contributed by atoms with E-state index in [1.54, 1.807) is 5.19 Å². The molecule has 0 saturated carbocycles. The Hall–Kier alpha value is -0.803. The molecule has 1 aromatic carbocycles. The molecule has 2 rings (SSSR count). The molecule has 24 heavy (non-hydrogen) atoms. The minimum absolute atomic E-state index is 0.162. The SMILES string of the molecule is CCC[Si](C)(C)c1ccc(C(C)(C)C)c(N2CC(C)OC(C)C2)c1. The number of rotatable bonds is 4. The van der Waals surface area contributed by atoms with Crippen molar-refractivity contribution in [1.29, 1.82) is 0 Å². The lowest BCUT2D eigenvalue weighted by atomic mass is 9.85. The van der Waals surface area contributed by atoms with E-state index in [0.717, 1.165) is 13.1 Å². The summed E-state index contributed by atoms with van der Waals surface area (Å²) in [4.78, 5) is 2.57. The van der Waals surface area contributed by atoms with Gasteiger partial charge in [-0.1, -0.05) is 70.6 Å². The normalized spacial score (nSPS) is 22.8. The van der Waals surface area contributed by atoms with Crippen LogP contribution in [0.2, 0.25) is 19.1 Å². The highest BCUT2D eigenvalue weighted by Gasteiger charge is 2.30. The Labute approximate surface area is 150 Å². The number of anilines is 1. The second-order valence-corrected chi connectivity index (χ2v) is 14.1. The molecule has 0 amide bonds. The highest BCUT2D eigenvalue weighted by molar-refractivity contribution is 6.89. The van der Waals surface area contributed by atoms with Crippen molar-refractivity contribution < 1.29 is 4.74 Å². The maximum absolute atomic E-state index is 5.97. The third-order valence-electron chi connectivity index (χ3n) is 5.22. The Morgan fingerprint density at radius 3 is 2.21 bits per heavy atom. The van der Waals surface area contributed by atoms with Crippen molar-refractivity contribution in [1.82, 2.24) is 0 Å². The molecule has 2 unspecified atom stereocenters. The zero-order valence-corrected chi connectivity index (χ0v) is 18.1. The molecule has 0 N–H and O–H groups in total. The Kier molecular flexibility index (Phi) is 5.86. The molecular weight excluding hydrogens is 310 g/mol. The van der Waals surface area contributed by atoms with Crippen LogP contribution in [-0.4, -0.2) is 33.4 Å². The van der Waals surface area contributed by atoms with Gasteiger partial charge in [-0.15, -0.1) is 0 Å². The molecule has 1 aromatic rings. The van der Waals surface area contributed by atoms with Crippen LogP contribution in [0.3, 0.4) is 0 Å². The smallest absolute Gasteiger partial charge is 0.0807 e. The number of hydrogen-bond donors (Lipinski definition) is 0. The number of hydrogen-bond acceptors (Lipinski definition) is 2. The highest BCUT2D eigenvalue weighted by atomic mass is 28.3. The zero-order chi connectivity index (χ0) is 18.1. The van der Waals surface area contributed by atoms with Crippen molar-refractivity contribution in [3.63, 3.8) is 0 Å². The van der Waals surface area contributed by atoms with Crippen molar-refractivity contribution in [2.45, 2.75) is 84.7 Å². The second-order valence-electron chi connectivity index (χ2n) is 9.28. The van der Waals surface area contributed by atoms with Gasteiger partial charge in [-0.05, 0) is 30.9 Å². The average Bonchev–Trinajstić information content (AvgIpc) is 2.44. The average molecular weight is 348 g/mol. The standard InChI is InChI=1S/C21H37NOSi/c1-9-12-24(7,8)18-10-11-19(21(4,5)6)20(13-18)22-14-16(2)23-17(3)15-22/h10-11,13,16-17H,9,12,14-15H2,1-8H3. The quantitative estimate of drug-likeness (QED) is 0.717. The molecular formula is C21H37NOSi. The summed E-state index contributed by atoms with van der Waals surface area (Å²) in [7, 11) is -1.35. The van der Waals surface area contributed by atoms with Gasteiger partial charge in [0.15, 0.2) is 0 Å². The third kappa shape index (κ3) is 4.43. The molecule has 3 heteroatoms. The van der Waals surface area contributed by atoms with Crippen molar-refractivity contribution in [3.05, 3.63) is 23.8 Å². The molecule has 0 radical (unpaired) electrons. The summed E-state index contributed by atoms with van der Waals surface area (Å²) in [5, 5.41) is 1.60. The first-order chi connectivity index (χ1) is 11.0. The van der Waals surface area contributed by atoms with Crippen molar-refractivity contribution >= 4 is 18.9 Å². The van der Waals surface area contributed by atoms with Crippen molar-refractivity contribution in [2.24, 2.45) is 0 Å². The number of benzene rings is 1. The van der Waals surface area contributed by atoms with Gasteiger partial charge in [-0.2, -0.15) is 0 Å². The molecule has 136 valence electrons. The molecule has 0 bridgehead atoms. The van der Waals surface area contributed by atoms with Crippen LogP contribution in [0.1, 0.15) is 53.5 Å². The van der Waals surface area contributed by atoms with Crippen LogP contribution in [0, 0.1) is 0 Å². The third-order valence-corrected chi connectivity index (χ3v) is 8.85. The predicted octanol–water partition coefficient (Wildman–Crippen LogP) is 4.92. The van der Waals surface area contributed by atoms with E-state index in [0.29, 0.717) is 12.2 Å². The Morgan fingerprint density at radius 2 is 1.71 bits per heavy atom. The van der Waals surface area contributed by atoms with E-state index in [-0.39, 0.29) is 5.41 Å². The van der Waals surface area contributed by atoms with Gasteiger partial charge in [-0.25, -0.2) is 0 Å². The molecule has 1 fully saturated rings. The van der Waals surface area contributed by atoms with Gasteiger partial charge in [-0.3, -0.25) is 0 Å². The first kappa shape index (κ1) is 19.5. The lowest BCUT2D eigenvalue weighted by molar-refractivity contribution is -0.00530. The molecule has 1 saturated heterocycles. The number of nitrogens with zero attached hydrogens (tertiary/aromatic N) is 1. The van der Waals surface area contributed by atoms with E-state index in [1.807, 2.05) is 0 Å². The topological polar surface area (TPSA) is 12.5 Å². The summed E-state index contributed by atoms with van der Waals surface area (Å²) in [5.41, 5.74) is 3.07. The molecule has 0 spiro atoms. The van der Waals surface area contributed by atoms with Gasteiger partial charge in [0, 0.05) is 18.8 Å². The summed E-state index contributed by atoms with van der Waals surface area (Å²) in [6.07, 6.45) is 1.87. The van der Waals surface area contributed by atoms with Crippen LogP contribution in [0.25, 0.3) is 0 Å². The lowest BCUT2D eigenvalue weighted by Gasteiger charge is -2.40. The van der Waals surface area contributed by atoms with Crippen LogP contribution < -0.4 is 10.1 Å². The minimum atomic E-state index is -1.35. The van der Waals surface area contributed by atoms with Crippen LogP contribution in [0.4, 0.5) is 5.69 Å². The van der Waals surface area contributed by atoms with Gasteiger partial charge >= 0.3 is 0 Å². The molecule has 1 aliphatic rings. The summed E-state index contributed by atoms with van der Waals surface area (Å²) in [6, 6.07) is 8.70. The number of ether oxygens (including phenoxy) is 1. The van der Waals surface area contributed by atoms with Gasteiger partial charge in [0.05, 0.1) is 20.3 Å². The fourth-order valence-electron chi connectivity index (χ4n) is 3.99. The van der Waals surface area contributed by atoms with Gasteiger partial charge in [0.2, 0.25) is 0 Å². The minimum Gasteiger partial charge on any atom is -0.372 e. The van der Waals surface area contributed by atoms with Crippen LogP contribution in [0.15, 0.2) is 18.2 Å². The van der Waals surface area contributed by atoms with Gasteiger partial charge in [0.25, 0.3) is 0 Å². The summed E-state index contributed by atoms with van der Waals surface area (Å²) < 4.78 is 5.97. The second kappa shape index (κ2) is 7.21. The fourth-order valence-corrected chi connectivity index (χ4v) is 6.59. The first-order valence-electron chi connectivity index (χ1n) is 9.60. The maximum atomic E-state index is 5.97. The predicted molar refractivity (Wildman–Crippen MR) is 110 cm³/mol. The Morgan fingerprint density at radius 1 is 1.12 bits per heavy atom. The molecule has 2 atom stereocenters.